The molecule has 0 radical (unpaired) electrons. The highest BCUT2D eigenvalue weighted by molar-refractivity contribution is 5.55. The lowest BCUT2D eigenvalue weighted by atomic mass is 10.1. The number of aromatic nitrogens is 2. The minimum Gasteiger partial charge on any atom is -0.365 e. The lowest BCUT2D eigenvalue weighted by Crippen LogP contribution is -2.26. The van der Waals surface area contributed by atoms with Gasteiger partial charge in [-0.1, -0.05) is 0 Å². The second kappa shape index (κ2) is 5.11. The van der Waals surface area contributed by atoms with E-state index in [0.717, 1.165) is 11.3 Å². The molecule has 2 heterocycles. The largest absolute Gasteiger partial charge is 0.365 e. The minimum absolute atomic E-state index is 0.0510. The smallest absolute Gasteiger partial charge is 0.167 e. The maximum Gasteiger partial charge on any atom is 0.167 e. The van der Waals surface area contributed by atoms with Crippen molar-refractivity contribution in [1.29, 1.82) is 5.26 Å². The molecule has 102 valence electrons. The number of rotatable bonds is 3. The number of hydrogen-bond donors (Lipinski definition) is 1. The predicted molar refractivity (Wildman–Crippen MR) is 69.6 cm³/mol. The lowest BCUT2D eigenvalue weighted by Gasteiger charge is -2.17. The molecule has 1 fully saturated rings. The number of aryl methyl sites for hydroxylation is 1. The summed E-state index contributed by atoms with van der Waals surface area (Å²) in [5, 5.41) is 20.3. The van der Waals surface area contributed by atoms with Gasteiger partial charge in [-0.05, 0) is 33.3 Å². The molecule has 0 aromatic carbocycles. The molecule has 0 spiro atoms. The van der Waals surface area contributed by atoms with Gasteiger partial charge in [-0.3, -0.25) is 0 Å². The van der Waals surface area contributed by atoms with E-state index in [1.807, 2.05) is 27.7 Å². The van der Waals surface area contributed by atoms with Crippen molar-refractivity contribution in [3.05, 3.63) is 16.8 Å². The third-order valence-electron chi connectivity index (χ3n) is 3.13. The zero-order valence-corrected chi connectivity index (χ0v) is 11.6. The van der Waals surface area contributed by atoms with Gasteiger partial charge in [0.1, 0.15) is 17.7 Å². The van der Waals surface area contributed by atoms with E-state index < -0.39 is 5.79 Å². The molecule has 1 atom stereocenters. The van der Waals surface area contributed by atoms with Gasteiger partial charge >= 0.3 is 0 Å². The van der Waals surface area contributed by atoms with Crippen LogP contribution in [0.25, 0.3) is 0 Å². The zero-order chi connectivity index (χ0) is 14.0. The first-order chi connectivity index (χ1) is 8.93. The summed E-state index contributed by atoms with van der Waals surface area (Å²) in [5.41, 5.74) is 2.15. The molecule has 0 amide bonds. The molecule has 0 bridgehead atoms. The Balaban J connectivity index is 2.05. The number of ether oxygens (including phenoxy) is 2. The number of nitrogens with zero attached hydrogens (tertiary/aromatic N) is 3. The summed E-state index contributed by atoms with van der Waals surface area (Å²) in [6.45, 7) is 8.53. The van der Waals surface area contributed by atoms with Crippen LogP contribution in [-0.2, 0) is 9.47 Å². The maximum absolute atomic E-state index is 9.19. The molecule has 1 N–H and O–H groups in total. The van der Waals surface area contributed by atoms with Crippen LogP contribution in [0.2, 0.25) is 0 Å². The van der Waals surface area contributed by atoms with E-state index in [0.29, 0.717) is 24.5 Å². The molecule has 1 aromatic rings. The lowest BCUT2D eigenvalue weighted by molar-refractivity contribution is -0.136. The molecule has 1 aliphatic rings. The van der Waals surface area contributed by atoms with E-state index in [9.17, 15) is 5.26 Å². The normalized spacial score (nSPS) is 21.1. The highest BCUT2D eigenvalue weighted by atomic mass is 16.7. The Morgan fingerprint density at radius 2 is 2.16 bits per heavy atom. The summed E-state index contributed by atoms with van der Waals surface area (Å²) < 4.78 is 11.2. The van der Waals surface area contributed by atoms with Crippen LogP contribution in [0, 0.1) is 25.2 Å². The number of nitrogens with one attached hydrogen (secondary N) is 1. The Morgan fingerprint density at radius 3 is 2.74 bits per heavy atom. The first kappa shape index (κ1) is 13.7. The second-order valence-corrected chi connectivity index (χ2v) is 5.08. The molecular weight excluding hydrogens is 244 g/mol. The third-order valence-corrected chi connectivity index (χ3v) is 3.13. The molecule has 0 aliphatic carbocycles. The topological polar surface area (TPSA) is 80.1 Å². The molecule has 0 saturated carbocycles. The molecule has 6 nitrogen and oxygen atoms in total. The van der Waals surface area contributed by atoms with E-state index in [4.69, 9.17) is 9.47 Å². The standard InChI is InChI=1S/C13H18N4O2/c1-8-9(2)16-17-12(11(8)5-14)15-6-10-7-18-13(3,4)19-10/h10H,6-7H2,1-4H3,(H,15,17). The van der Waals surface area contributed by atoms with Crippen molar-refractivity contribution in [2.75, 3.05) is 18.5 Å². The number of anilines is 1. The average molecular weight is 262 g/mol. The molecule has 1 saturated heterocycles. The van der Waals surface area contributed by atoms with Crippen LogP contribution in [-0.4, -0.2) is 35.2 Å². The van der Waals surface area contributed by atoms with Crippen LogP contribution in [0.4, 0.5) is 5.82 Å². The average Bonchev–Trinajstić information content (AvgIpc) is 2.70. The van der Waals surface area contributed by atoms with Gasteiger partial charge in [0.2, 0.25) is 0 Å². The summed E-state index contributed by atoms with van der Waals surface area (Å²) in [5.74, 6) is -0.0434. The monoisotopic (exact) mass is 262 g/mol. The van der Waals surface area contributed by atoms with Crippen LogP contribution < -0.4 is 5.32 Å². The van der Waals surface area contributed by atoms with Gasteiger partial charge in [0.05, 0.1) is 12.3 Å². The van der Waals surface area contributed by atoms with E-state index in [2.05, 4.69) is 21.6 Å². The second-order valence-electron chi connectivity index (χ2n) is 5.08. The molecule has 2 rings (SSSR count). The highest BCUT2D eigenvalue weighted by Crippen LogP contribution is 2.23. The van der Waals surface area contributed by atoms with Crippen LogP contribution in [0.1, 0.15) is 30.7 Å². The van der Waals surface area contributed by atoms with Crippen molar-refractivity contribution < 1.29 is 9.47 Å². The SMILES string of the molecule is Cc1nnc(NCC2COC(C)(C)O2)c(C#N)c1C. The van der Waals surface area contributed by atoms with Crippen LogP contribution in [0.5, 0.6) is 0 Å². The third kappa shape index (κ3) is 3.00. The Labute approximate surface area is 112 Å². The van der Waals surface area contributed by atoms with Crippen LogP contribution in [0.15, 0.2) is 0 Å². The van der Waals surface area contributed by atoms with E-state index in [1.54, 1.807) is 0 Å². The fourth-order valence-corrected chi connectivity index (χ4v) is 1.94. The van der Waals surface area contributed by atoms with Gasteiger partial charge in [-0.25, -0.2) is 0 Å². The van der Waals surface area contributed by atoms with Crippen molar-refractivity contribution in [2.45, 2.75) is 39.6 Å². The molecular formula is C13H18N4O2. The fraction of sp³-hybridized carbons (Fsp3) is 0.615. The summed E-state index contributed by atoms with van der Waals surface area (Å²) in [6.07, 6.45) is -0.0510. The molecule has 1 aromatic heterocycles. The molecule has 19 heavy (non-hydrogen) atoms. The van der Waals surface area contributed by atoms with Gasteiger partial charge in [-0.15, -0.1) is 5.10 Å². The maximum atomic E-state index is 9.19. The van der Waals surface area contributed by atoms with Gasteiger partial charge in [-0.2, -0.15) is 10.4 Å². The highest BCUT2D eigenvalue weighted by Gasteiger charge is 2.32. The minimum atomic E-state index is -0.542. The summed E-state index contributed by atoms with van der Waals surface area (Å²) in [6, 6.07) is 2.16. The van der Waals surface area contributed by atoms with E-state index >= 15 is 0 Å². The van der Waals surface area contributed by atoms with Crippen LogP contribution in [0.3, 0.4) is 0 Å². The van der Waals surface area contributed by atoms with Crippen molar-refractivity contribution in [2.24, 2.45) is 0 Å². The summed E-state index contributed by atoms with van der Waals surface area (Å²) in [7, 11) is 0. The Hall–Kier alpha value is -1.71. The summed E-state index contributed by atoms with van der Waals surface area (Å²) in [4.78, 5) is 0. The van der Waals surface area contributed by atoms with E-state index in [1.165, 1.54) is 0 Å². The van der Waals surface area contributed by atoms with Crippen molar-refractivity contribution in [1.82, 2.24) is 10.2 Å². The van der Waals surface area contributed by atoms with E-state index in [-0.39, 0.29) is 6.10 Å². The molecule has 6 heteroatoms. The summed E-state index contributed by atoms with van der Waals surface area (Å²) >= 11 is 0. The molecule has 1 unspecified atom stereocenters. The van der Waals surface area contributed by atoms with Gasteiger partial charge < -0.3 is 14.8 Å². The van der Waals surface area contributed by atoms with Crippen LogP contribution >= 0.6 is 0 Å². The quantitative estimate of drug-likeness (QED) is 0.889. The Kier molecular flexibility index (Phi) is 3.69. The van der Waals surface area contributed by atoms with Gasteiger partial charge in [0, 0.05) is 6.54 Å². The van der Waals surface area contributed by atoms with Crippen molar-refractivity contribution in [3.63, 3.8) is 0 Å². The number of hydrogen-bond acceptors (Lipinski definition) is 6. The van der Waals surface area contributed by atoms with Crippen molar-refractivity contribution in [3.8, 4) is 6.07 Å². The fourth-order valence-electron chi connectivity index (χ4n) is 1.94. The van der Waals surface area contributed by atoms with Gasteiger partial charge in [0.25, 0.3) is 0 Å². The number of nitriles is 1. The first-order valence-electron chi connectivity index (χ1n) is 6.22. The Morgan fingerprint density at radius 1 is 1.42 bits per heavy atom. The van der Waals surface area contributed by atoms with Crippen molar-refractivity contribution >= 4 is 5.82 Å². The zero-order valence-electron chi connectivity index (χ0n) is 11.6. The molecule has 1 aliphatic heterocycles. The Bertz CT molecular complexity index is 522. The first-order valence-corrected chi connectivity index (χ1v) is 6.22. The van der Waals surface area contributed by atoms with Gasteiger partial charge in [0.15, 0.2) is 11.6 Å². The predicted octanol–water partition coefficient (Wildman–Crippen LogP) is 1.53.